The summed E-state index contributed by atoms with van der Waals surface area (Å²) in [6.07, 6.45) is 0.687. The minimum absolute atomic E-state index is 0.00233. The normalized spacial score (nSPS) is 10.6. The number of fused-ring (bicyclic) bond motifs is 1. The van der Waals surface area contributed by atoms with Gasteiger partial charge >= 0.3 is 0 Å². The van der Waals surface area contributed by atoms with E-state index in [2.05, 4.69) is 4.98 Å². The molecule has 0 unspecified atom stereocenters. The number of para-hydroxylation sites is 2. The van der Waals surface area contributed by atoms with Crippen LogP contribution in [-0.2, 0) is 4.79 Å². The van der Waals surface area contributed by atoms with Crippen LogP contribution in [0.25, 0.3) is 22.4 Å². The second-order valence-corrected chi connectivity index (χ2v) is 4.20. The van der Waals surface area contributed by atoms with Crippen LogP contribution in [0, 0.1) is 10.1 Å². The molecule has 0 fully saturated rings. The quantitative estimate of drug-likeness (QED) is 0.415. The van der Waals surface area contributed by atoms with E-state index in [1.165, 1.54) is 16.7 Å². The van der Waals surface area contributed by atoms with Crippen LogP contribution in [0.4, 0.5) is 5.69 Å². The first-order valence-electron chi connectivity index (χ1n) is 5.88. The Bertz CT molecular complexity index is 806. The van der Waals surface area contributed by atoms with Gasteiger partial charge in [-0.3, -0.25) is 19.5 Å². The van der Waals surface area contributed by atoms with Crippen molar-refractivity contribution in [2.24, 2.45) is 0 Å². The van der Waals surface area contributed by atoms with Crippen molar-refractivity contribution in [3.05, 3.63) is 58.6 Å². The molecule has 6 nitrogen and oxygen atoms in total. The maximum atomic E-state index is 11.3. The summed E-state index contributed by atoms with van der Waals surface area (Å²) in [5.41, 5.74) is 2.06. The lowest BCUT2D eigenvalue weighted by atomic mass is 10.2. The first-order chi connectivity index (χ1) is 9.70. The van der Waals surface area contributed by atoms with E-state index < -0.39 is 4.92 Å². The van der Waals surface area contributed by atoms with E-state index in [0.29, 0.717) is 28.8 Å². The number of carbonyl (C=O) groups excluding carboxylic acids is 1. The van der Waals surface area contributed by atoms with Crippen LogP contribution in [-0.4, -0.2) is 20.9 Å². The van der Waals surface area contributed by atoms with Gasteiger partial charge in [0.25, 0.3) is 5.69 Å². The van der Waals surface area contributed by atoms with Crippen molar-refractivity contribution >= 4 is 23.1 Å². The van der Waals surface area contributed by atoms with Crippen molar-refractivity contribution in [1.82, 2.24) is 9.55 Å². The Labute approximate surface area is 113 Å². The molecule has 1 aromatic heterocycles. The van der Waals surface area contributed by atoms with E-state index in [0.717, 1.165) is 0 Å². The van der Waals surface area contributed by atoms with Gasteiger partial charge in [-0.05, 0) is 24.3 Å². The predicted molar refractivity (Wildman–Crippen MR) is 74.0 cm³/mol. The van der Waals surface area contributed by atoms with Crippen molar-refractivity contribution in [3.63, 3.8) is 0 Å². The minimum Gasteiger partial charge on any atom is -0.278 e. The van der Waals surface area contributed by atoms with Gasteiger partial charge in [0.05, 0.1) is 16.0 Å². The van der Waals surface area contributed by atoms with Gasteiger partial charge in [-0.15, -0.1) is 0 Å². The Morgan fingerprint density at radius 1 is 1.10 bits per heavy atom. The SMILES string of the molecule is O=Cn1c(-c2ccc([N+](=O)[O-])cc2)nc2ccccc21. The van der Waals surface area contributed by atoms with Gasteiger partial charge in [0.1, 0.15) is 5.82 Å². The van der Waals surface area contributed by atoms with Gasteiger partial charge < -0.3 is 0 Å². The summed E-state index contributed by atoms with van der Waals surface area (Å²) >= 11 is 0. The molecule has 0 saturated carbocycles. The van der Waals surface area contributed by atoms with Crippen LogP contribution in [0.2, 0.25) is 0 Å². The number of imidazole rings is 1. The zero-order chi connectivity index (χ0) is 14.1. The van der Waals surface area contributed by atoms with Crippen molar-refractivity contribution in [1.29, 1.82) is 0 Å². The molecule has 0 radical (unpaired) electrons. The second-order valence-electron chi connectivity index (χ2n) is 4.20. The molecule has 0 bridgehead atoms. The van der Waals surface area contributed by atoms with Gasteiger partial charge in [0, 0.05) is 17.7 Å². The molecule has 1 heterocycles. The summed E-state index contributed by atoms with van der Waals surface area (Å²) in [5, 5.41) is 10.6. The molecule has 0 aliphatic rings. The molecule has 3 aromatic rings. The van der Waals surface area contributed by atoms with Crippen LogP contribution < -0.4 is 0 Å². The fourth-order valence-electron chi connectivity index (χ4n) is 2.09. The summed E-state index contributed by atoms with van der Waals surface area (Å²) in [6.45, 7) is 0. The average molecular weight is 267 g/mol. The zero-order valence-corrected chi connectivity index (χ0v) is 10.3. The van der Waals surface area contributed by atoms with Gasteiger partial charge in [-0.2, -0.15) is 0 Å². The molecule has 98 valence electrons. The molecule has 0 amide bonds. The number of carbonyl (C=O) groups is 1. The summed E-state index contributed by atoms with van der Waals surface area (Å²) in [5.74, 6) is 0.469. The van der Waals surface area contributed by atoms with Gasteiger partial charge in [-0.25, -0.2) is 4.98 Å². The molecule has 0 N–H and O–H groups in total. The van der Waals surface area contributed by atoms with Gasteiger partial charge in [0.15, 0.2) is 0 Å². The van der Waals surface area contributed by atoms with E-state index in [1.54, 1.807) is 18.2 Å². The molecule has 3 rings (SSSR count). The van der Waals surface area contributed by atoms with Crippen LogP contribution in [0.1, 0.15) is 0 Å². The highest BCUT2D eigenvalue weighted by Crippen LogP contribution is 2.25. The number of rotatable bonds is 3. The smallest absolute Gasteiger partial charge is 0.269 e. The fourth-order valence-corrected chi connectivity index (χ4v) is 2.09. The Morgan fingerprint density at radius 2 is 1.80 bits per heavy atom. The summed E-state index contributed by atoms with van der Waals surface area (Å²) < 4.78 is 1.43. The van der Waals surface area contributed by atoms with Crippen LogP contribution in [0.15, 0.2) is 48.5 Å². The first-order valence-corrected chi connectivity index (χ1v) is 5.88. The molecular weight excluding hydrogens is 258 g/mol. The number of nitrogens with zero attached hydrogens (tertiary/aromatic N) is 3. The molecule has 0 spiro atoms. The predicted octanol–water partition coefficient (Wildman–Crippen LogP) is 2.65. The highest BCUT2D eigenvalue weighted by atomic mass is 16.6. The molecule has 0 atom stereocenters. The third kappa shape index (κ3) is 1.83. The van der Waals surface area contributed by atoms with Crippen molar-refractivity contribution in [3.8, 4) is 11.4 Å². The fraction of sp³-hybridized carbons (Fsp3) is 0. The molecule has 20 heavy (non-hydrogen) atoms. The van der Waals surface area contributed by atoms with E-state index in [1.807, 2.05) is 18.2 Å². The molecule has 0 saturated heterocycles. The average Bonchev–Trinajstić information content (AvgIpc) is 2.85. The molecule has 6 heteroatoms. The molecule has 2 aromatic carbocycles. The standard InChI is InChI=1S/C14H9N3O3/c18-9-16-13-4-2-1-3-12(13)15-14(16)10-5-7-11(8-6-10)17(19)20/h1-9H. The number of nitro groups is 1. The lowest BCUT2D eigenvalue weighted by Crippen LogP contribution is -1.98. The summed E-state index contributed by atoms with van der Waals surface area (Å²) in [4.78, 5) is 25.8. The Kier molecular flexibility index (Phi) is 2.76. The number of benzene rings is 2. The third-order valence-electron chi connectivity index (χ3n) is 3.04. The van der Waals surface area contributed by atoms with E-state index in [9.17, 15) is 14.9 Å². The molecule has 0 aliphatic carbocycles. The van der Waals surface area contributed by atoms with E-state index in [4.69, 9.17) is 0 Å². The minimum atomic E-state index is -0.466. The maximum absolute atomic E-state index is 11.3. The third-order valence-corrected chi connectivity index (χ3v) is 3.04. The van der Waals surface area contributed by atoms with Gasteiger partial charge in [-0.1, -0.05) is 12.1 Å². The van der Waals surface area contributed by atoms with Crippen LogP contribution >= 0.6 is 0 Å². The maximum Gasteiger partial charge on any atom is 0.269 e. The van der Waals surface area contributed by atoms with Crippen molar-refractivity contribution in [2.75, 3.05) is 0 Å². The summed E-state index contributed by atoms with van der Waals surface area (Å²) in [6, 6.07) is 13.2. The lowest BCUT2D eigenvalue weighted by Gasteiger charge is -2.00. The first kappa shape index (κ1) is 12.0. The lowest BCUT2D eigenvalue weighted by molar-refractivity contribution is -0.384. The summed E-state index contributed by atoms with van der Waals surface area (Å²) in [7, 11) is 0. The van der Waals surface area contributed by atoms with Crippen LogP contribution in [0.3, 0.4) is 0 Å². The highest BCUT2D eigenvalue weighted by Gasteiger charge is 2.13. The topological polar surface area (TPSA) is 78.0 Å². The number of aromatic nitrogens is 2. The van der Waals surface area contributed by atoms with Crippen molar-refractivity contribution in [2.45, 2.75) is 0 Å². The number of nitro benzene ring substituents is 1. The molecular formula is C14H9N3O3. The Balaban J connectivity index is 2.18. The number of hydrogen-bond acceptors (Lipinski definition) is 4. The Morgan fingerprint density at radius 3 is 2.45 bits per heavy atom. The highest BCUT2D eigenvalue weighted by molar-refractivity contribution is 5.87. The number of hydrogen-bond donors (Lipinski definition) is 0. The van der Waals surface area contributed by atoms with E-state index in [-0.39, 0.29) is 5.69 Å². The van der Waals surface area contributed by atoms with Crippen LogP contribution in [0.5, 0.6) is 0 Å². The van der Waals surface area contributed by atoms with E-state index >= 15 is 0 Å². The second kappa shape index (κ2) is 4.58. The van der Waals surface area contributed by atoms with Gasteiger partial charge in [0.2, 0.25) is 6.41 Å². The molecule has 0 aliphatic heterocycles. The largest absolute Gasteiger partial charge is 0.278 e. The Hall–Kier alpha value is -3.02. The van der Waals surface area contributed by atoms with Crippen molar-refractivity contribution < 1.29 is 9.72 Å². The monoisotopic (exact) mass is 267 g/mol. The zero-order valence-electron chi connectivity index (χ0n) is 10.3. The number of non-ortho nitro benzene ring substituents is 1.